The maximum absolute atomic E-state index is 5.15. The van der Waals surface area contributed by atoms with Crippen LogP contribution in [0, 0.1) is 17.8 Å². The highest BCUT2D eigenvalue weighted by molar-refractivity contribution is 5.47. The summed E-state index contributed by atoms with van der Waals surface area (Å²) < 4.78 is 5.15. The minimum Gasteiger partial charge on any atom is -0.377 e. The lowest BCUT2D eigenvalue weighted by Gasteiger charge is -2.29. The van der Waals surface area contributed by atoms with Crippen LogP contribution in [0.4, 0.5) is 11.6 Å². The van der Waals surface area contributed by atoms with Gasteiger partial charge in [0.15, 0.2) is 5.82 Å². The van der Waals surface area contributed by atoms with Gasteiger partial charge in [0.25, 0.3) is 0 Å². The highest BCUT2D eigenvalue weighted by atomic mass is 16.5. The van der Waals surface area contributed by atoms with Crippen molar-refractivity contribution < 1.29 is 4.74 Å². The first kappa shape index (κ1) is 14.6. The molecule has 0 aliphatic heterocycles. The van der Waals surface area contributed by atoms with E-state index in [1.165, 1.54) is 25.7 Å². The van der Waals surface area contributed by atoms with Crippen molar-refractivity contribution in [2.75, 3.05) is 24.8 Å². The Bertz CT molecular complexity index is 493. The monoisotopic (exact) mass is 290 g/mol. The number of nitrogens with one attached hydrogen (secondary N) is 2. The Hall–Kier alpha value is -1.36. The summed E-state index contributed by atoms with van der Waals surface area (Å²) in [5.41, 5.74) is 0. The second-order valence-corrected chi connectivity index (χ2v) is 6.51. The molecule has 4 unspecified atom stereocenters. The van der Waals surface area contributed by atoms with Crippen molar-refractivity contribution in [2.24, 2.45) is 17.8 Å². The summed E-state index contributed by atoms with van der Waals surface area (Å²) in [5.74, 6) is 5.14. The molecule has 5 heteroatoms. The molecule has 2 aliphatic rings. The molecule has 4 atom stereocenters. The molecular weight excluding hydrogens is 264 g/mol. The third-order valence-corrected chi connectivity index (χ3v) is 5.11. The Morgan fingerprint density at radius 2 is 2.10 bits per heavy atom. The first-order valence-corrected chi connectivity index (χ1v) is 8.00. The van der Waals surface area contributed by atoms with E-state index in [4.69, 9.17) is 4.74 Å². The first-order valence-electron chi connectivity index (χ1n) is 8.00. The number of fused-ring (bicyclic) bond motifs is 2. The zero-order valence-corrected chi connectivity index (χ0v) is 13.2. The molecule has 2 bridgehead atoms. The van der Waals surface area contributed by atoms with E-state index in [-0.39, 0.29) is 0 Å². The molecule has 0 aromatic carbocycles. The zero-order chi connectivity index (χ0) is 14.8. The van der Waals surface area contributed by atoms with Crippen LogP contribution in [0.3, 0.4) is 0 Å². The molecule has 5 nitrogen and oxygen atoms in total. The average Bonchev–Trinajstić information content (AvgIpc) is 3.10. The van der Waals surface area contributed by atoms with E-state index in [9.17, 15) is 0 Å². The largest absolute Gasteiger partial charge is 0.377 e. The van der Waals surface area contributed by atoms with E-state index in [2.05, 4.69) is 27.5 Å². The van der Waals surface area contributed by atoms with Crippen LogP contribution < -0.4 is 10.6 Å². The lowest BCUT2D eigenvalue weighted by atomic mass is 9.84. The van der Waals surface area contributed by atoms with Crippen molar-refractivity contribution in [2.45, 2.75) is 45.3 Å². The van der Waals surface area contributed by atoms with Crippen LogP contribution in [0.1, 0.15) is 38.4 Å². The summed E-state index contributed by atoms with van der Waals surface area (Å²) in [7, 11) is 3.54. The maximum Gasteiger partial charge on any atom is 0.158 e. The summed E-state index contributed by atoms with van der Waals surface area (Å²) >= 11 is 0. The lowest BCUT2D eigenvalue weighted by molar-refractivity contribution is 0.178. The molecule has 21 heavy (non-hydrogen) atoms. The minimum absolute atomic E-state index is 0.437. The molecule has 2 fully saturated rings. The molecule has 0 radical (unpaired) electrons. The Labute approximate surface area is 126 Å². The van der Waals surface area contributed by atoms with Gasteiger partial charge in [-0.25, -0.2) is 9.97 Å². The number of methoxy groups -OCH3 is 1. The van der Waals surface area contributed by atoms with Gasteiger partial charge >= 0.3 is 0 Å². The molecule has 2 saturated carbocycles. The number of anilines is 2. The summed E-state index contributed by atoms with van der Waals surface area (Å²) in [6.07, 6.45) is 5.69. The van der Waals surface area contributed by atoms with Gasteiger partial charge in [0.2, 0.25) is 0 Å². The van der Waals surface area contributed by atoms with Gasteiger partial charge in [-0.15, -0.1) is 0 Å². The molecule has 116 valence electrons. The van der Waals surface area contributed by atoms with Gasteiger partial charge in [-0.1, -0.05) is 6.42 Å². The van der Waals surface area contributed by atoms with Gasteiger partial charge in [-0.05, 0) is 43.9 Å². The van der Waals surface area contributed by atoms with E-state index in [1.807, 2.05) is 13.1 Å². The SMILES string of the molecule is CNc1cc(NC(C)C2CC3CCC2C3)nc(COC)n1. The topological polar surface area (TPSA) is 59.1 Å². The standard InChI is InChI=1S/C16H26N4O/c1-10(13-7-11-4-5-12(13)6-11)18-15-8-14(17-2)19-16(20-15)9-21-3/h8,10-13H,4-7,9H2,1-3H3,(H2,17,18,19,20). The lowest BCUT2D eigenvalue weighted by Crippen LogP contribution is -2.30. The molecule has 0 spiro atoms. The van der Waals surface area contributed by atoms with Crippen molar-refractivity contribution >= 4 is 11.6 Å². The van der Waals surface area contributed by atoms with E-state index in [0.717, 1.165) is 29.4 Å². The molecule has 1 heterocycles. The van der Waals surface area contributed by atoms with Crippen molar-refractivity contribution in [3.8, 4) is 0 Å². The van der Waals surface area contributed by atoms with Crippen LogP contribution >= 0.6 is 0 Å². The molecule has 0 amide bonds. The average molecular weight is 290 g/mol. The summed E-state index contributed by atoms with van der Waals surface area (Å²) in [4.78, 5) is 8.95. The molecule has 2 N–H and O–H groups in total. The van der Waals surface area contributed by atoms with Crippen molar-refractivity contribution in [3.63, 3.8) is 0 Å². The number of aromatic nitrogens is 2. The van der Waals surface area contributed by atoms with Crippen LogP contribution in [0.5, 0.6) is 0 Å². The molecule has 3 rings (SSSR count). The van der Waals surface area contributed by atoms with Crippen molar-refractivity contribution in [1.29, 1.82) is 0 Å². The van der Waals surface area contributed by atoms with Crippen LogP contribution in [0.2, 0.25) is 0 Å². The fraction of sp³-hybridized carbons (Fsp3) is 0.750. The molecule has 1 aromatic heterocycles. The summed E-state index contributed by atoms with van der Waals surface area (Å²) in [6, 6.07) is 2.44. The van der Waals surface area contributed by atoms with Crippen LogP contribution in [-0.2, 0) is 11.3 Å². The fourth-order valence-corrected chi connectivity index (χ4v) is 4.14. The molecule has 2 aliphatic carbocycles. The van der Waals surface area contributed by atoms with Gasteiger partial charge in [-0.2, -0.15) is 0 Å². The van der Waals surface area contributed by atoms with Crippen LogP contribution in [0.25, 0.3) is 0 Å². The summed E-state index contributed by atoms with van der Waals surface area (Å²) in [5, 5.41) is 6.68. The fourth-order valence-electron chi connectivity index (χ4n) is 4.14. The number of nitrogens with zero attached hydrogens (tertiary/aromatic N) is 2. The number of hydrogen-bond acceptors (Lipinski definition) is 5. The second kappa shape index (κ2) is 6.18. The third-order valence-electron chi connectivity index (χ3n) is 5.11. The predicted octanol–water partition coefficient (Wildman–Crippen LogP) is 2.90. The van der Waals surface area contributed by atoms with Gasteiger partial charge in [-0.3, -0.25) is 0 Å². The van der Waals surface area contributed by atoms with Crippen LogP contribution in [-0.4, -0.2) is 30.2 Å². The van der Waals surface area contributed by atoms with E-state index in [0.29, 0.717) is 18.5 Å². The highest BCUT2D eigenvalue weighted by Gasteiger charge is 2.41. The van der Waals surface area contributed by atoms with E-state index < -0.39 is 0 Å². The van der Waals surface area contributed by atoms with Gasteiger partial charge in [0.1, 0.15) is 18.2 Å². The number of hydrogen-bond donors (Lipinski definition) is 2. The smallest absolute Gasteiger partial charge is 0.158 e. The van der Waals surface area contributed by atoms with Crippen molar-refractivity contribution in [1.82, 2.24) is 9.97 Å². The maximum atomic E-state index is 5.15. The van der Waals surface area contributed by atoms with E-state index >= 15 is 0 Å². The molecular formula is C16H26N4O. The summed E-state index contributed by atoms with van der Waals surface area (Å²) in [6.45, 7) is 2.73. The van der Waals surface area contributed by atoms with Crippen molar-refractivity contribution in [3.05, 3.63) is 11.9 Å². The Morgan fingerprint density at radius 3 is 2.71 bits per heavy atom. The van der Waals surface area contributed by atoms with Gasteiger partial charge < -0.3 is 15.4 Å². The van der Waals surface area contributed by atoms with Gasteiger partial charge in [0.05, 0.1) is 0 Å². The Balaban J connectivity index is 1.70. The number of ether oxygens (including phenoxy) is 1. The Kier molecular flexibility index (Phi) is 4.29. The molecule has 1 aromatic rings. The molecule has 0 saturated heterocycles. The van der Waals surface area contributed by atoms with Gasteiger partial charge in [0, 0.05) is 26.3 Å². The number of rotatable bonds is 6. The minimum atomic E-state index is 0.437. The predicted molar refractivity (Wildman–Crippen MR) is 84.3 cm³/mol. The second-order valence-electron chi connectivity index (χ2n) is 6.51. The van der Waals surface area contributed by atoms with E-state index in [1.54, 1.807) is 7.11 Å². The van der Waals surface area contributed by atoms with Crippen LogP contribution in [0.15, 0.2) is 6.07 Å². The normalized spacial score (nSPS) is 28.6. The highest BCUT2D eigenvalue weighted by Crippen LogP contribution is 2.49. The third kappa shape index (κ3) is 3.12. The quantitative estimate of drug-likeness (QED) is 0.843. The first-order chi connectivity index (χ1) is 10.2. The zero-order valence-electron chi connectivity index (χ0n) is 13.2. The Morgan fingerprint density at radius 1 is 1.29 bits per heavy atom.